The fourth-order valence-electron chi connectivity index (χ4n) is 8.46. The van der Waals surface area contributed by atoms with Gasteiger partial charge in [-0.1, -0.05) is 6.92 Å². The van der Waals surface area contributed by atoms with Crippen molar-refractivity contribution in [2.24, 2.45) is 5.41 Å². The van der Waals surface area contributed by atoms with Crippen LogP contribution in [0.5, 0.6) is 17.2 Å². The van der Waals surface area contributed by atoms with E-state index in [1.807, 2.05) is 0 Å². The minimum atomic E-state index is -0.416. The lowest BCUT2D eigenvalue weighted by Gasteiger charge is -2.61. The lowest BCUT2D eigenvalue weighted by Crippen LogP contribution is -2.70. The average Bonchev–Trinajstić information content (AvgIpc) is 3.34. The summed E-state index contributed by atoms with van der Waals surface area (Å²) in [5, 5.41) is 21.8. The number of rotatable bonds is 5. The van der Waals surface area contributed by atoms with E-state index in [9.17, 15) is 10.2 Å². The second-order valence-electron chi connectivity index (χ2n) is 10.4. The first-order valence-electron chi connectivity index (χ1n) is 12.3. The third-order valence-corrected chi connectivity index (χ3v) is 9.56. The molecule has 3 fully saturated rings. The Labute approximate surface area is 190 Å². The lowest BCUT2D eigenvalue weighted by atomic mass is 9.51. The number of aliphatic hydroxyl groups excluding tert-OH is 2. The highest BCUT2D eigenvalue weighted by Gasteiger charge is 2.71. The molecule has 4 heterocycles. The summed E-state index contributed by atoms with van der Waals surface area (Å²) in [5.41, 5.74) is 2.10. The number of hydrogen-bond donors (Lipinski definition) is 2. The Morgan fingerprint density at radius 1 is 1.22 bits per heavy atom. The SMILES string of the molecule is CC[C@@H]1COc2c(OC)c(OC)cc3c2N1[C@@H]1C[C@H](O)[C@@]2(CCO)CCCN4CC[C@@]31[C@H]42. The summed E-state index contributed by atoms with van der Waals surface area (Å²) in [6.07, 6.45) is 5.10. The maximum atomic E-state index is 11.7. The van der Waals surface area contributed by atoms with Crippen LogP contribution in [0, 0.1) is 5.41 Å². The van der Waals surface area contributed by atoms with Crippen LogP contribution in [-0.2, 0) is 5.41 Å². The van der Waals surface area contributed by atoms with E-state index < -0.39 is 6.10 Å². The molecule has 2 N–H and O–H groups in total. The third kappa shape index (κ3) is 2.27. The van der Waals surface area contributed by atoms with Gasteiger partial charge in [-0.3, -0.25) is 4.90 Å². The van der Waals surface area contributed by atoms with Crippen LogP contribution in [0.3, 0.4) is 0 Å². The second kappa shape index (κ2) is 7.15. The quantitative estimate of drug-likeness (QED) is 0.722. The molecule has 7 nitrogen and oxygen atoms in total. The topological polar surface area (TPSA) is 74.6 Å². The van der Waals surface area contributed by atoms with Crippen LogP contribution in [0.15, 0.2) is 6.07 Å². The fourth-order valence-corrected chi connectivity index (χ4v) is 8.46. The zero-order valence-electron chi connectivity index (χ0n) is 19.5. The molecule has 1 aromatic rings. The number of benzene rings is 1. The van der Waals surface area contributed by atoms with E-state index in [4.69, 9.17) is 14.2 Å². The summed E-state index contributed by atoms with van der Waals surface area (Å²) in [4.78, 5) is 5.21. The number of methoxy groups -OCH3 is 2. The van der Waals surface area contributed by atoms with Crippen LogP contribution < -0.4 is 19.1 Å². The van der Waals surface area contributed by atoms with Gasteiger partial charge >= 0.3 is 0 Å². The van der Waals surface area contributed by atoms with Gasteiger partial charge in [-0.15, -0.1) is 0 Å². The van der Waals surface area contributed by atoms with Crippen LogP contribution in [-0.4, -0.2) is 79.9 Å². The van der Waals surface area contributed by atoms with Crippen molar-refractivity contribution in [1.82, 2.24) is 4.90 Å². The molecule has 32 heavy (non-hydrogen) atoms. The largest absolute Gasteiger partial charge is 0.493 e. The Morgan fingerprint density at radius 3 is 2.78 bits per heavy atom. The molecule has 5 aliphatic rings. The monoisotopic (exact) mass is 444 g/mol. The molecule has 0 aromatic heterocycles. The van der Waals surface area contributed by atoms with Crippen LogP contribution in [0.2, 0.25) is 0 Å². The van der Waals surface area contributed by atoms with Gasteiger partial charge in [0, 0.05) is 29.5 Å². The van der Waals surface area contributed by atoms with Crippen molar-refractivity contribution in [3.8, 4) is 17.2 Å². The van der Waals surface area contributed by atoms with E-state index in [1.54, 1.807) is 14.2 Å². The summed E-state index contributed by atoms with van der Waals surface area (Å²) in [6.45, 7) is 5.07. The molecule has 6 rings (SSSR count). The molecule has 4 aliphatic heterocycles. The Hall–Kier alpha value is -1.70. The highest BCUT2D eigenvalue weighted by molar-refractivity contribution is 5.81. The van der Waals surface area contributed by atoms with Gasteiger partial charge in [0.15, 0.2) is 11.5 Å². The van der Waals surface area contributed by atoms with Crippen LogP contribution >= 0.6 is 0 Å². The molecule has 2 saturated heterocycles. The van der Waals surface area contributed by atoms with Crippen LogP contribution in [0.25, 0.3) is 0 Å². The second-order valence-corrected chi connectivity index (χ2v) is 10.4. The molecule has 0 unspecified atom stereocenters. The summed E-state index contributed by atoms with van der Waals surface area (Å²) in [6, 6.07) is 2.91. The zero-order valence-corrected chi connectivity index (χ0v) is 19.5. The van der Waals surface area contributed by atoms with Gasteiger partial charge in [-0.05, 0) is 63.2 Å². The van der Waals surface area contributed by atoms with Gasteiger partial charge in [0.25, 0.3) is 0 Å². The molecule has 1 saturated carbocycles. The van der Waals surface area contributed by atoms with E-state index >= 15 is 0 Å². The van der Waals surface area contributed by atoms with Crippen molar-refractivity contribution in [3.63, 3.8) is 0 Å². The fraction of sp³-hybridized carbons (Fsp3) is 0.760. The number of piperidine rings is 1. The minimum Gasteiger partial charge on any atom is -0.493 e. The molecule has 0 amide bonds. The Kier molecular flexibility index (Phi) is 4.66. The Balaban J connectivity index is 1.63. The van der Waals surface area contributed by atoms with Crippen molar-refractivity contribution >= 4 is 5.69 Å². The van der Waals surface area contributed by atoms with E-state index in [0.29, 0.717) is 18.8 Å². The first kappa shape index (κ1) is 20.9. The van der Waals surface area contributed by atoms with Gasteiger partial charge in [-0.25, -0.2) is 0 Å². The normalized spacial score (nSPS) is 39.2. The average molecular weight is 445 g/mol. The van der Waals surface area contributed by atoms with Gasteiger partial charge in [0.2, 0.25) is 5.75 Å². The zero-order chi connectivity index (χ0) is 22.3. The molecular formula is C25H36N2O5. The van der Waals surface area contributed by atoms with Crippen LogP contribution in [0.1, 0.15) is 51.0 Å². The number of hydrogen-bond acceptors (Lipinski definition) is 7. The molecular weight excluding hydrogens is 408 g/mol. The maximum absolute atomic E-state index is 11.7. The Bertz CT molecular complexity index is 920. The van der Waals surface area contributed by atoms with Gasteiger partial charge < -0.3 is 29.3 Å². The summed E-state index contributed by atoms with van der Waals surface area (Å²) < 4.78 is 17.9. The predicted octanol–water partition coefficient (Wildman–Crippen LogP) is 2.30. The first-order valence-corrected chi connectivity index (χ1v) is 12.3. The molecule has 1 aliphatic carbocycles. The highest BCUT2D eigenvalue weighted by atomic mass is 16.5. The van der Waals surface area contributed by atoms with Gasteiger partial charge in [0.1, 0.15) is 6.61 Å². The van der Waals surface area contributed by atoms with Crippen molar-refractivity contribution in [2.45, 2.75) is 75.1 Å². The lowest BCUT2D eigenvalue weighted by molar-refractivity contribution is -0.127. The molecule has 176 valence electrons. The smallest absolute Gasteiger partial charge is 0.205 e. The van der Waals surface area contributed by atoms with E-state index in [2.05, 4.69) is 22.8 Å². The molecule has 7 heteroatoms. The maximum Gasteiger partial charge on any atom is 0.205 e. The summed E-state index contributed by atoms with van der Waals surface area (Å²) in [7, 11) is 3.37. The van der Waals surface area contributed by atoms with E-state index in [1.165, 1.54) is 5.56 Å². The number of nitrogens with zero attached hydrogens (tertiary/aromatic N) is 2. The van der Waals surface area contributed by atoms with Crippen molar-refractivity contribution in [2.75, 3.05) is 45.4 Å². The molecule has 1 aromatic carbocycles. The van der Waals surface area contributed by atoms with E-state index in [0.717, 1.165) is 62.4 Å². The van der Waals surface area contributed by atoms with E-state index in [-0.39, 0.29) is 35.6 Å². The minimum absolute atomic E-state index is 0.0976. The molecule has 0 bridgehead atoms. The third-order valence-electron chi connectivity index (χ3n) is 9.56. The number of fused-ring (bicyclic) bond motifs is 1. The Morgan fingerprint density at radius 2 is 2.06 bits per heavy atom. The predicted molar refractivity (Wildman–Crippen MR) is 121 cm³/mol. The molecule has 6 atom stereocenters. The highest BCUT2D eigenvalue weighted by Crippen LogP contribution is 2.69. The number of ether oxygens (including phenoxy) is 3. The standard InChI is InChI=1S/C25H36N2O5/c1-4-15-14-32-22-20-16(12-17(30-2)21(22)31-3)25-7-10-26-9-5-6-24(8-11-28,23(25)26)19(29)13-18(25)27(15)20/h12,15,18-19,23,28-29H,4-11,13-14H2,1-3H3/t15-,18-,19+,23-,24+,25-/m1/s1. The van der Waals surface area contributed by atoms with Crippen LogP contribution in [0.4, 0.5) is 5.69 Å². The van der Waals surface area contributed by atoms with Gasteiger partial charge in [-0.2, -0.15) is 0 Å². The summed E-state index contributed by atoms with van der Waals surface area (Å²) in [5.74, 6) is 2.19. The molecule has 0 radical (unpaired) electrons. The molecule has 1 spiro atoms. The summed E-state index contributed by atoms with van der Waals surface area (Å²) >= 11 is 0. The van der Waals surface area contributed by atoms with Crippen molar-refractivity contribution in [3.05, 3.63) is 11.6 Å². The first-order chi connectivity index (χ1) is 15.6. The van der Waals surface area contributed by atoms with Crippen molar-refractivity contribution < 1.29 is 24.4 Å². The van der Waals surface area contributed by atoms with Gasteiger partial charge in [0.05, 0.1) is 32.1 Å². The number of anilines is 1. The van der Waals surface area contributed by atoms with Crippen molar-refractivity contribution in [1.29, 1.82) is 0 Å². The number of aliphatic hydroxyl groups is 2.